The SMILES string of the molecule is CN(CCCO)C1[C@@H]2CC3C[C@H]1CC(CNc1nc(NCc4ccccc4OC(F)(F)F)ncc1C#N)(C3)C2. The van der Waals surface area contributed by atoms with Gasteiger partial charge in [-0.05, 0) is 74.8 Å². The Labute approximate surface area is 226 Å². The molecule has 3 unspecified atom stereocenters. The van der Waals surface area contributed by atoms with E-state index < -0.39 is 6.36 Å². The summed E-state index contributed by atoms with van der Waals surface area (Å²) in [6.45, 7) is 1.88. The molecule has 0 spiro atoms. The number of benzene rings is 1. The topological polar surface area (TPSA) is 106 Å². The first-order valence-corrected chi connectivity index (χ1v) is 13.6. The van der Waals surface area contributed by atoms with E-state index in [2.05, 4.69) is 43.4 Å². The molecule has 210 valence electrons. The normalized spacial score (nSPS) is 27.4. The van der Waals surface area contributed by atoms with Crippen LogP contribution in [0.15, 0.2) is 30.5 Å². The second-order valence-corrected chi connectivity index (χ2v) is 11.4. The Morgan fingerprint density at radius 1 is 1.18 bits per heavy atom. The second-order valence-electron chi connectivity index (χ2n) is 11.4. The van der Waals surface area contributed by atoms with Gasteiger partial charge in [-0.2, -0.15) is 10.2 Å². The van der Waals surface area contributed by atoms with Crippen LogP contribution in [-0.2, 0) is 6.54 Å². The van der Waals surface area contributed by atoms with Crippen LogP contribution in [-0.4, -0.2) is 59.1 Å². The molecule has 6 rings (SSSR count). The number of aromatic nitrogens is 2. The highest BCUT2D eigenvalue weighted by molar-refractivity contribution is 5.53. The number of aliphatic hydroxyl groups excluding tert-OH is 1. The molecule has 1 aromatic carbocycles. The van der Waals surface area contributed by atoms with Gasteiger partial charge in [0.25, 0.3) is 0 Å². The summed E-state index contributed by atoms with van der Waals surface area (Å²) in [6.07, 6.45) is 3.41. The number of hydrogen-bond donors (Lipinski definition) is 3. The first-order chi connectivity index (χ1) is 18.7. The van der Waals surface area contributed by atoms with E-state index in [4.69, 9.17) is 0 Å². The quantitative estimate of drug-likeness (QED) is 0.371. The molecule has 2 aromatic rings. The van der Waals surface area contributed by atoms with Crippen LogP contribution in [0.5, 0.6) is 5.75 Å². The minimum atomic E-state index is -4.79. The van der Waals surface area contributed by atoms with Crippen molar-refractivity contribution in [3.8, 4) is 11.8 Å². The van der Waals surface area contributed by atoms with Gasteiger partial charge in [0, 0.05) is 37.8 Å². The van der Waals surface area contributed by atoms with Crippen molar-refractivity contribution in [3.63, 3.8) is 0 Å². The van der Waals surface area contributed by atoms with Crippen molar-refractivity contribution in [3.05, 3.63) is 41.6 Å². The molecule has 4 saturated carbocycles. The van der Waals surface area contributed by atoms with Crippen molar-refractivity contribution in [1.29, 1.82) is 5.26 Å². The van der Waals surface area contributed by atoms with Gasteiger partial charge in [0.1, 0.15) is 23.2 Å². The zero-order valence-electron chi connectivity index (χ0n) is 22.0. The van der Waals surface area contributed by atoms with Crippen LogP contribution in [0.25, 0.3) is 0 Å². The summed E-state index contributed by atoms with van der Waals surface area (Å²) in [4.78, 5) is 11.1. The largest absolute Gasteiger partial charge is 0.573 e. The first kappa shape index (κ1) is 27.5. The number of para-hydroxylation sites is 1. The second kappa shape index (κ2) is 11.2. The predicted molar refractivity (Wildman–Crippen MR) is 140 cm³/mol. The third-order valence-electron chi connectivity index (χ3n) is 8.70. The molecule has 39 heavy (non-hydrogen) atoms. The van der Waals surface area contributed by atoms with E-state index in [1.54, 1.807) is 12.1 Å². The number of rotatable bonds is 11. The molecule has 3 N–H and O–H groups in total. The molecule has 1 heterocycles. The predicted octanol–water partition coefficient (Wildman–Crippen LogP) is 4.78. The zero-order valence-corrected chi connectivity index (χ0v) is 22.0. The molecule has 0 aliphatic heterocycles. The Kier molecular flexibility index (Phi) is 7.87. The standard InChI is InChI=1S/C28H35F3N6O2/c1-37(7-4-8-38)24-20-9-18-10-21(24)13-27(11-18,12-20)17-35-25-22(14-32)16-34-26(36-25)33-15-19-5-2-3-6-23(19)39-28(29,30)31/h2-3,5-6,16,18,20-21,24,38H,4,7-13,15,17H2,1H3,(H2,33,34,35,36)/t18?,20-,21+,24?,27?. The highest BCUT2D eigenvalue weighted by Gasteiger charge is 2.55. The number of ether oxygens (including phenoxy) is 1. The summed E-state index contributed by atoms with van der Waals surface area (Å²) < 4.78 is 42.4. The smallest absolute Gasteiger partial charge is 0.405 e. The highest BCUT2D eigenvalue weighted by Crippen LogP contribution is 2.61. The molecule has 0 saturated heterocycles. The summed E-state index contributed by atoms with van der Waals surface area (Å²) in [5.74, 6) is 2.37. The van der Waals surface area contributed by atoms with Gasteiger partial charge >= 0.3 is 6.36 Å². The van der Waals surface area contributed by atoms with E-state index in [-0.39, 0.29) is 30.3 Å². The van der Waals surface area contributed by atoms with E-state index in [1.807, 2.05) is 0 Å². The van der Waals surface area contributed by atoms with Crippen LogP contribution < -0.4 is 15.4 Å². The fraction of sp³-hybridized carbons (Fsp3) is 0.607. The molecular weight excluding hydrogens is 509 g/mol. The van der Waals surface area contributed by atoms with Crippen molar-refractivity contribution in [2.45, 2.75) is 57.5 Å². The lowest BCUT2D eigenvalue weighted by Gasteiger charge is -2.62. The van der Waals surface area contributed by atoms with Crippen LogP contribution in [0.2, 0.25) is 0 Å². The Morgan fingerprint density at radius 3 is 2.62 bits per heavy atom. The number of alkyl halides is 3. The Morgan fingerprint density at radius 2 is 1.92 bits per heavy atom. The molecule has 4 bridgehead atoms. The molecule has 1 aromatic heterocycles. The molecule has 5 atom stereocenters. The summed E-state index contributed by atoms with van der Waals surface area (Å²) in [5.41, 5.74) is 0.793. The number of anilines is 2. The molecule has 4 fully saturated rings. The van der Waals surface area contributed by atoms with Gasteiger partial charge in [0.05, 0.1) is 6.20 Å². The van der Waals surface area contributed by atoms with Crippen LogP contribution in [0.4, 0.5) is 24.9 Å². The van der Waals surface area contributed by atoms with Crippen LogP contribution >= 0.6 is 0 Å². The summed E-state index contributed by atoms with van der Waals surface area (Å²) >= 11 is 0. The molecule has 4 aliphatic carbocycles. The molecular formula is C28H35F3N6O2. The van der Waals surface area contributed by atoms with Gasteiger partial charge in [0.2, 0.25) is 5.95 Å². The van der Waals surface area contributed by atoms with Crippen molar-refractivity contribution in [2.75, 3.05) is 37.4 Å². The number of nitrogens with zero attached hydrogens (tertiary/aromatic N) is 4. The molecule has 0 radical (unpaired) electrons. The Hall–Kier alpha value is -3.10. The zero-order chi connectivity index (χ0) is 27.6. The number of nitriles is 1. The maximum Gasteiger partial charge on any atom is 0.573 e. The van der Waals surface area contributed by atoms with E-state index in [1.165, 1.54) is 37.6 Å². The van der Waals surface area contributed by atoms with Crippen molar-refractivity contribution in [1.82, 2.24) is 14.9 Å². The van der Waals surface area contributed by atoms with Crippen LogP contribution in [0.3, 0.4) is 0 Å². The van der Waals surface area contributed by atoms with Crippen LogP contribution in [0, 0.1) is 34.5 Å². The van der Waals surface area contributed by atoms with Gasteiger partial charge in [0.15, 0.2) is 0 Å². The first-order valence-electron chi connectivity index (χ1n) is 13.6. The van der Waals surface area contributed by atoms with Gasteiger partial charge in [-0.3, -0.25) is 0 Å². The minimum absolute atomic E-state index is 0.0256. The number of halogens is 3. The van der Waals surface area contributed by atoms with E-state index in [0.29, 0.717) is 34.8 Å². The van der Waals surface area contributed by atoms with Gasteiger partial charge in [-0.1, -0.05) is 18.2 Å². The molecule has 0 amide bonds. The van der Waals surface area contributed by atoms with E-state index >= 15 is 0 Å². The number of hydrogen-bond acceptors (Lipinski definition) is 8. The molecule has 11 heteroatoms. The minimum Gasteiger partial charge on any atom is -0.405 e. The Balaban J connectivity index is 1.25. The summed E-state index contributed by atoms with van der Waals surface area (Å²) in [7, 11) is 2.19. The molecule has 4 aliphatic rings. The lowest BCUT2D eigenvalue weighted by atomic mass is 9.47. The average Bonchev–Trinajstić information content (AvgIpc) is 2.89. The summed E-state index contributed by atoms with van der Waals surface area (Å²) in [6, 6.07) is 8.62. The number of aliphatic hydroxyl groups is 1. The fourth-order valence-corrected chi connectivity index (χ4v) is 7.57. The third kappa shape index (κ3) is 6.23. The van der Waals surface area contributed by atoms with E-state index in [0.717, 1.165) is 38.3 Å². The third-order valence-corrected chi connectivity index (χ3v) is 8.70. The van der Waals surface area contributed by atoms with Gasteiger partial charge in [-0.15, -0.1) is 13.2 Å². The monoisotopic (exact) mass is 544 g/mol. The highest BCUT2D eigenvalue weighted by atomic mass is 19.4. The summed E-state index contributed by atoms with van der Waals surface area (Å²) in [5, 5.41) is 25.3. The van der Waals surface area contributed by atoms with Gasteiger partial charge < -0.3 is 25.4 Å². The van der Waals surface area contributed by atoms with Gasteiger partial charge in [-0.25, -0.2) is 4.98 Å². The fourth-order valence-electron chi connectivity index (χ4n) is 7.57. The lowest BCUT2D eigenvalue weighted by Crippen LogP contribution is -2.60. The maximum atomic E-state index is 12.8. The maximum absolute atomic E-state index is 12.8. The van der Waals surface area contributed by atoms with E-state index in [9.17, 15) is 23.5 Å². The van der Waals surface area contributed by atoms with Crippen molar-refractivity contribution < 1.29 is 23.0 Å². The van der Waals surface area contributed by atoms with Crippen LogP contribution in [0.1, 0.15) is 49.7 Å². The van der Waals surface area contributed by atoms with Crippen molar-refractivity contribution in [2.24, 2.45) is 23.2 Å². The lowest BCUT2D eigenvalue weighted by molar-refractivity contribution is -0.274. The Bertz CT molecular complexity index is 1190. The number of nitrogens with one attached hydrogen (secondary N) is 2. The van der Waals surface area contributed by atoms with Crippen molar-refractivity contribution >= 4 is 11.8 Å². The average molecular weight is 545 g/mol. The molecule has 8 nitrogen and oxygen atoms in total.